The first-order chi connectivity index (χ1) is 11.7. The number of nitrogens with zero attached hydrogens (tertiary/aromatic N) is 3. The van der Waals surface area contributed by atoms with E-state index in [2.05, 4.69) is 10.3 Å². The molecule has 1 aromatic heterocycles. The number of aryl methyl sites for hydroxylation is 1. The highest BCUT2D eigenvalue weighted by molar-refractivity contribution is 6.30. The Morgan fingerprint density at radius 1 is 1.33 bits per heavy atom. The molecule has 3 rings (SSSR count). The van der Waals surface area contributed by atoms with Crippen molar-refractivity contribution in [1.29, 1.82) is 5.26 Å². The van der Waals surface area contributed by atoms with Crippen molar-refractivity contribution in [3.05, 3.63) is 65.0 Å². The van der Waals surface area contributed by atoms with E-state index >= 15 is 0 Å². The minimum atomic E-state index is -0.314. The molecule has 0 unspecified atom stereocenters. The molecule has 0 bridgehead atoms. The van der Waals surface area contributed by atoms with Crippen LogP contribution in [0.15, 0.2) is 54.4 Å². The Morgan fingerprint density at radius 3 is 2.92 bits per heavy atom. The highest BCUT2D eigenvalue weighted by Gasteiger charge is 2.24. The van der Waals surface area contributed by atoms with Crippen LogP contribution in [0, 0.1) is 11.3 Å². The smallest absolute Gasteiger partial charge is 0.270 e. The molecular weight excluding hydrogens is 324 g/mol. The molecule has 24 heavy (non-hydrogen) atoms. The molecule has 1 aliphatic heterocycles. The number of nitrogens with one attached hydrogen (secondary N) is 1. The highest BCUT2D eigenvalue weighted by atomic mass is 35.5. The van der Waals surface area contributed by atoms with Crippen LogP contribution in [0.4, 0.5) is 11.5 Å². The highest BCUT2D eigenvalue weighted by Crippen LogP contribution is 2.27. The Hall–Kier alpha value is -2.84. The summed E-state index contributed by atoms with van der Waals surface area (Å²) in [6.45, 7) is 0.605. The lowest BCUT2D eigenvalue weighted by molar-refractivity contribution is -0.114. The van der Waals surface area contributed by atoms with Gasteiger partial charge in [-0.15, -0.1) is 0 Å². The van der Waals surface area contributed by atoms with E-state index < -0.39 is 0 Å². The summed E-state index contributed by atoms with van der Waals surface area (Å²) < 4.78 is 0. The van der Waals surface area contributed by atoms with Crippen molar-refractivity contribution in [2.24, 2.45) is 0 Å². The van der Waals surface area contributed by atoms with Gasteiger partial charge in [0.2, 0.25) is 0 Å². The van der Waals surface area contributed by atoms with Gasteiger partial charge in [0.25, 0.3) is 5.91 Å². The average Bonchev–Trinajstić information content (AvgIpc) is 2.63. The first-order valence-electron chi connectivity index (χ1n) is 7.57. The molecule has 0 saturated carbocycles. The van der Waals surface area contributed by atoms with Gasteiger partial charge in [-0.25, -0.2) is 4.98 Å². The number of hydrogen-bond donors (Lipinski definition) is 1. The maximum absolute atomic E-state index is 12.7. The van der Waals surface area contributed by atoms with Gasteiger partial charge >= 0.3 is 0 Å². The summed E-state index contributed by atoms with van der Waals surface area (Å²) >= 11 is 5.78. The topological polar surface area (TPSA) is 69.0 Å². The summed E-state index contributed by atoms with van der Waals surface area (Å²) in [4.78, 5) is 18.4. The predicted molar refractivity (Wildman–Crippen MR) is 93.7 cm³/mol. The van der Waals surface area contributed by atoms with E-state index in [0.29, 0.717) is 17.4 Å². The van der Waals surface area contributed by atoms with Crippen LogP contribution in [-0.2, 0) is 11.2 Å². The molecule has 1 aliphatic rings. The molecule has 1 amide bonds. The number of para-hydroxylation sites is 1. The minimum absolute atomic E-state index is 0.0310. The van der Waals surface area contributed by atoms with Gasteiger partial charge in [-0.3, -0.25) is 4.79 Å². The lowest BCUT2D eigenvalue weighted by Crippen LogP contribution is -2.36. The summed E-state index contributed by atoms with van der Waals surface area (Å²) in [5.41, 5.74) is 2.03. The van der Waals surface area contributed by atoms with Crippen molar-refractivity contribution in [2.45, 2.75) is 12.8 Å². The number of pyridine rings is 1. The van der Waals surface area contributed by atoms with E-state index in [1.54, 1.807) is 17.0 Å². The molecule has 120 valence electrons. The van der Waals surface area contributed by atoms with Crippen molar-refractivity contribution in [1.82, 2.24) is 4.98 Å². The number of benzene rings is 1. The second kappa shape index (κ2) is 7.16. The molecule has 0 fully saturated rings. The van der Waals surface area contributed by atoms with E-state index in [9.17, 15) is 10.1 Å². The van der Waals surface area contributed by atoms with Gasteiger partial charge in [-0.1, -0.05) is 29.8 Å². The van der Waals surface area contributed by atoms with Gasteiger partial charge in [-0.05, 0) is 36.6 Å². The molecule has 2 heterocycles. The quantitative estimate of drug-likeness (QED) is 0.686. The first-order valence-corrected chi connectivity index (χ1v) is 7.95. The zero-order valence-electron chi connectivity index (χ0n) is 12.9. The van der Waals surface area contributed by atoms with Crippen LogP contribution in [0.25, 0.3) is 0 Å². The lowest BCUT2D eigenvalue weighted by atomic mass is 10.0. The number of anilines is 2. The van der Waals surface area contributed by atoms with Crippen molar-refractivity contribution in [2.75, 3.05) is 16.8 Å². The van der Waals surface area contributed by atoms with E-state index in [-0.39, 0.29) is 11.5 Å². The van der Waals surface area contributed by atoms with Gasteiger partial charge < -0.3 is 10.2 Å². The maximum Gasteiger partial charge on any atom is 0.270 e. The van der Waals surface area contributed by atoms with E-state index in [1.165, 1.54) is 12.4 Å². The van der Waals surface area contributed by atoms with Crippen LogP contribution in [0.1, 0.15) is 12.0 Å². The largest absolute Gasteiger partial charge is 0.345 e. The number of nitriles is 1. The number of carbonyl (C=O) groups is 1. The monoisotopic (exact) mass is 338 g/mol. The third-order valence-electron chi connectivity index (χ3n) is 3.80. The Bertz CT molecular complexity index is 824. The predicted octanol–water partition coefficient (Wildman–Crippen LogP) is 3.53. The lowest BCUT2D eigenvalue weighted by Gasteiger charge is -2.29. The molecular formula is C18H15ClN4O. The number of carbonyl (C=O) groups excluding carboxylic acids is 1. The Morgan fingerprint density at radius 2 is 2.17 bits per heavy atom. The van der Waals surface area contributed by atoms with Crippen molar-refractivity contribution < 1.29 is 4.79 Å². The summed E-state index contributed by atoms with van der Waals surface area (Å²) in [5.74, 6) is 0.199. The summed E-state index contributed by atoms with van der Waals surface area (Å²) in [6, 6.07) is 13.1. The number of amides is 1. The Kier molecular flexibility index (Phi) is 4.78. The molecule has 0 saturated heterocycles. The van der Waals surface area contributed by atoms with Gasteiger partial charge in [0.05, 0.1) is 5.02 Å². The number of fused-ring (bicyclic) bond motifs is 1. The normalized spacial score (nSPS) is 13.8. The molecule has 6 heteroatoms. The number of rotatable bonds is 3. The fourth-order valence-electron chi connectivity index (χ4n) is 2.64. The molecule has 2 aromatic rings. The van der Waals surface area contributed by atoms with Gasteiger partial charge in [-0.2, -0.15) is 5.26 Å². The first kappa shape index (κ1) is 16.0. The zero-order chi connectivity index (χ0) is 16.9. The number of halogens is 1. The molecule has 0 spiro atoms. The molecule has 0 radical (unpaired) electrons. The third kappa shape index (κ3) is 3.39. The third-order valence-corrected chi connectivity index (χ3v) is 4.02. The van der Waals surface area contributed by atoms with Crippen LogP contribution >= 0.6 is 11.6 Å². The van der Waals surface area contributed by atoms with Crippen LogP contribution in [0.3, 0.4) is 0 Å². The second-order valence-electron chi connectivity index (χ2n) is 5.36. The van der Waals surface area contributed by atoms with Crippen LogP contribution in [-0.4, -0.2) is 17.4 Å². The maximum atomic E-state index is 12.7. The van der Waals surface area contributed by atoms with E-state index in [0.717, 1.165) is 24.1 Å². The van der Waals surface area contributed by atoms with E-state index in [1.807, 2.05) is 30.3 Å². The van der Waals surface area contributed by atoms with E-state index in [4.69, 9.17) is 11.6 Å². The molecule has 0 aliphatic carbocycles. The van der Waals surface area contributed by atoms with Gasteiger partial charge in [0.15, 0.2) is 0 Å². The zero-order valence-corrected chi connectivity index (χ0v) is 13.6. The average molecular weight is 339 g/mol. The molecule has 1 aromatic carbocycles. The second-order valence-corrected chi connectivity index (χ2v) is 5.80. The molecule has 0 atom stereocenters. The summed E-state index contributed by atoms with van der Waals surface area (Å²) in [6.07, 6.45) is 4.70. The minimum Gasteiger partial charge on any atom is -0.345 e. The van der Waals surface area contributed by atoms with Gasteiger partial charge in [0, 0.05) is 24.6 Å². The van der Waals surface area contributed by atoms with Crippen molar-refractivity contribution in [3.8, 4) is 6.07 Å². The Labute approximate surface area is 145 Å². The van der Waals surface area contributed by atoms with Crippen LogP contribution < -0.4 is 10.2 Å². The number of aromatic nitrogens is 1. The fraction of sp³-hybridized carbons (Fsp3) is 0.167. The standard InChI is InChI=1S/C18H15ClN4O/c19-15-7-8-17(22-12-15)21-11-14(10-20)18(24)23-9-3-5-13-4-1-2-6-16(13)23/h1-2,4,6-8,11-12H,3,5,9H2,(H,21,22)/b14-11-. The Balaban J connectivity index is 1.81. The fourth-order valence-corrected chi connectivity index (χ4v) is 2.75. The summed E-state index contributed by atoms with van der Waals surface area (Å²) in [7, 11) is 0. The van der Waals surface area contributed by atoms with Crippen molar-refractivity contribution in [3.63, 3.8) is 0 Å². The van der Waals surface area contributed by atoms with Crippen LogP contribution in [0.5, 0.6) is 0 Å². The van der Waals surface area contributed by atoms with Crippen molar-refractivity contribution >= 4 is 29.0 Å². The molecule has 5 nitrogen and oxygen atoms in total. The SMILES string of the molecule is N#C/C(=C/Nc1ccc(Cl)cn1)C(=O)N1CCCc2ccccc21. The summed E-state index contributed by atoms with van der Waals surface area (Å²) in [5, 5.41) is 12.7. The molecule has 1 N–H and O–H groups in total. The van der Waals surface area contributed by atoms with Crippen LogP contribution in [0.2, 0.25) is 5.02 Å². The van der Waals surface area contributed by atoms with Gasteiger partial charge in [0.1, 0.15) is 17.5 Å². The number of hydrogen-bond acceptors (Lipinski definition) is 4.